The smallest absolute Gasteiger partial charge is 0.223 e. The van der Waals surface area contributed by atoms with Crippen LogP contribution >= 0.6 is 0 Å². The second-order valence-electron chi connectivity index (χ2n) is 9.29. The van der Waals surface area contributed by atoms with Crippen molar-refractivity contribution in [1.82, 2.24) is 9.88 Å². The average Bonchev–Trinajstić information content (AvgIpc) is 3.35. The highest BCUT2D eigenvalue weighted by atomic mass is 19.1. The summed E-state index contributed by atoms with van der Waals surface area (Å²) in [5, 5.41) is 1.09. The van der Waals surface area contributed by atoms with Gasteiger partial charge in [0, 0.05) is 55.6 Å². The number of fused-ring (bicyclic) bond motifs is 1. The van der Waals surface area contributed by atoms with Crippen LogP contribution in [0.4, 0.5) is 10.1 Å². The Labute approximate surface area is 211 Å². The summed E-state index contributed by atoms with van der Waals surface area (Å²) in [7, 11) is 1.68. The van der Waals surface area contributed by atoms with Crippen LogP contribution in [-0.4, -0.2) is 49.1 Å². The van der Waals surface area contributed by atoms with Crippen molar-refractivity contribution in [3.05, 3.63) is 95.4 Å². The Bertz CT molecular complexity index is 1360. The fourth-order valence-corrected chi connectivity index (χ4v) is 5.34. The molecule has 5 rings (SSSR count). The van der Waals surface area contributed by atoms with E-state index < -0.39 is 0 Å². The minimum Gasteiger partial charge on any atom is -0.495 e. The number of piperazine rings is 1. The highest BCUT2D eigenvalue weighted by Gasteiger charge is 2.28. The Morgan fingerprint density at radius 2 is 1.81 bits per heavy atom. The summed E-state index contributed by atoms with van der Waals surface area (Å²) >= 11 is 0. The fraction of sp³-hybridized carbons (Fsp3) is 0.300. The van der Waals surface area contributed by atoms with E-state index in [1.54, 1.807) is 19.2 Å². The van der Waals surface area contributed by atoms with Crippen molar-refractivity contribution in [2.24, 2.45) is 0 Å². The van der Waals surface area contributed by atoms with E-state index >= 15 is 0 Å². The number of rotatable bonds is 7. The summed E-state index contributed by atoms with van der Waals surface area (Å²) in [5.74, 6) is 0.407. The van der Waals surface area contributed by atoms with E-state index in [0.29, 0.717) is 19.5 Å². The SMILES string of the molecule is CCc1cccc2c(C(CC(=O)N3CCN(c4ccccc4OC)CC3)c3cccc(F)c3)c[nH]c12. The van der Waals surface area contributed by atoms with E-state index in [9.17, 15) is 9.18 Å². The molecule has 0 saturated carbocycles. The van der Waals surface area contributed by atoms with Gasteiger partial charge < -0.3 is 19.5 Å². The Kier molecular flexibility index (Phi) is 6.94. The van der Waals surface area contributed by atoms with Gasteiger partial charge in [-0.15, -0.1) is 0 Å². The van der Waals surface area contributed by atoms with Crippen LogP contribution in [0.5, 0.6) is 5.75 Å². The number of H-pyrrole nitrogens is 1. The van der Waals surface area contributed by atoms with Gasteiger partial charge in [-0.1, -0.05) is 49.4 Å². The van der Waals surface area contributed by atoms with E-state index in [4.69, 9.17) is 4.74 Å². The number of ether oxygens (including phenoxy) is 1. The predicted octanol–water partition coefficient (Wildman–Crippen LogP) is 5.75. The number of aromatic nitrogens is 1. The second-order valence-corrected chi connectivity index (χ2v) is 9.29. The molecule has 36 heavy (non-hydrogen) atoms. The summed E-state index contributed by atoms with van der Waals surface area (Å²) < 4.78 is 19.8. The van der Waals surface area contributed by atoms with Crippen LogP contribution in [0, 0.1) is 5.82 Å². The molecule has 0 spiro atoms. The molecule has 1 unspecified atom stereocenters. The average molecular weight is 486 g/mol. The number of benzene rings is 3. The minimum atomic E-state index is -0.288. The fourth-order valence-electron chi connectivity index (χ4n) is 5.34. The van der Waals surface area contributed by atoms with Gasteiger partial charge >= 0.3 is 0 Å². The maximum Gasteiger partial charge on any atom is 0.223 e. The lowest BCUT2D eigenvalue weighted by Crippen LogP contribution is -2.49. The normalized spacial score (nSPS) is 14.8. The Hall–Kier alpha value is -3.80. The van der Waals surface area contributed by atoms with Crippen LogP contribution in [0.15, 0.2) is 72.9 Å². The lowest BCUT2D eigenvalue weighted by atomic mass is 9.87. The molecular formula is C30H32FN3O2. The number of carbonyl (C=O) groups is 1. The number of anilines is 1. The lowest BCUT2D eigenvalue weighted by Gasteiger charge is -2.37. The molecule has 3 aromatic carbocycles. The number of amides is 1. The number of carbonyl (C=O) groups excluding carboxylic acids is 1. The Morgan fingerprint density at radius 3 is 2.56 bits per heavy atom. The van der Waals surface area contributed by atoms with E-state index in [1.807, 2.05) is 35.4 Å². The van der Waals surface area contributed by atoms with Gasteiger partial charge in [0.1, 0.15) is 11.6 Å². The molecule has 0 bridgehead atoms. The molecule has 1 atom stereocenters. The van der Waals surface area contributed by atoms with Gasteiger partial charge in [0.25, 0.3) is 0 Å². The maximum absolute atomic E-state index is 14.2. The Morgan fingerprint density at radius 1 is 1.03 bits per heavy atom. The molecular weight excluding hydrogens is 453 g/mol. The molecule has 2 heterocycles. The molecule has 1 fully saturated rings. The minimum absolute atomic E-state index is 0.0879. The highest BCUT2D eigenvalue weighted by Crippen LogP contribution is 2.36. The third-order valence-electron chi connectivity index (χ3n) is 7.28. The first-order valence-corrected chi connectivity index (χ1v) is 12.6. The number of aryl methyl sites for hydroxylation is 1. The molecule has 1 N–H and O–H groups in total. The summed E-state index contributed by atoms with van der Waals surface area (Å²) in [6, 6.07) is 20.9. The molecule has 1 aromatic heterocycles. The molecule has 5 nitrogen and oxygen atoms in total. The number of hydrogen-bond acceptors (Lipinski definition) is 3. The van der Waals surface area contributed by atoms with E-state index in [2.05, 4.69) is 41.1 Å². The van der Waals surface area contributed by atoms with Crippen LogP contribution in [-0.2, 0) is 11.2 Å². The van der Waals surface area contributed by atoms with Gasteiger partial charge in [0.15, 0.2) is 0 Å². The van der Waals surface area contributed by atoms with Crippen molar-refractivity contribution in [2.45, 2.75) is 25.7 Å². The van der Waals surface area contributed by atoms with Gasteiger partial charge in [-0.3, -0.25) is 4.79 Å². The second kappa shape index (κ2) is 10.4. The third-order valence-corrected chi connectivity index (χ3v) is 7.28. The molecule has 6 heteroatoms. The first-order chi connectivity index (χ1) is 17.6. The monoisotopic (exact) mass is 485 g/mol. The molecule has 0 radical (unpaired) electrons. The van der Waals surface area contributed by atoms with Crippen molar-refractivity contribution in [3.8, 4) is 5.75 Å². The standard InChI is InChI=1S/C30H32FN3O2/c1-3-21-8-7-11-24-26(20-32-30(21)24)25(22-9-6-10-23(31)18-22)19-29(35)34-16-14-33(15-17-34)27-12-4-5-13-28(27)36-2/h4-13,18,20,25,32H,3,14-17,19H2,1-2H3. The van der Waals surface area contributed by atoms with Crippen molar-refractivity contribution in [1.29, 1.82) is 0 Å². The van der Waals surface area contributed by atoms with Gasteiger partial charge in [0.05, 0.1) is 12.8 Å². The first-order valence-electron chi connectivity index (χ1n) is 12.6. The zero-order valence-electron chi connectivity index (χ0n) is 20.8. The Balaban J connectivity index is 1.38. The zero-order valence-corrected chi connectivity index (χ0v) is 20.8. The largest absolute Gasteiger partial charge is 0.495 e. The molecule has 1 amide bonds. The quantitative estimate of drug-likeness (QED) is 0.363. The molecule has 4 aromatic rings. The highest BCUT2D eigenvalue weighted by molar-refractivity contribution is 5.88. The van der Waals surface area contributed by atoms with Crippen LogP contribution in [0.25, 0.3) is 10.9 Å². The van der Waals surface area contributed by atoms with Crippen molar-refractivity contribution < 1.29 is 13.9 Å². The van der Waals surface area contributed by atoms with Crippen molar-refractivity contribution in [3.63, 3.8) is 0 Å². The lowest BCUT2D eigenvalue weighted by molar-refractivity contribution is -0.131. The number of halogens is 1. The number of methoxy groups -OCH3 is 1. The van der Waals surface area contributed by atoms with Gasteiger partial charge in [0.2, 0.25) is 5.91 Å². The number of para-hydroxylation sites is 3. The zero-order chi connectivity index (χ0) is 25.1. The van der Waals surface area contributed by atoms with Crippen LogP contribution in [0.2, 0.25) is 0 Å². The maximum atomic E-state index is 14.2. The third kappa shape index (κ3) is 4.68. The number of hydrogen-bond donors (Lipinski definition) is 1. The van der Waals surface area contributed by atoms with Gasteiger partial charge in [-0.2, -0.15) is 0 Å². The molecule has 186 valence electrons. The van der Waals surface area contributed by atoms with Gasteiger partial charge in [-0.05, 0) is 47.4 Å². The predicted molar refractivity (Wildman–Crippen MR) is 142 cm³/mol. The van der Waals surface area contributed by atoms with E-state index in [-0.39, 0.29) is 17.6 Å². The number of nitrogens with zero attached hydrogens (tertiary/aromatic N) is 2. The van der Waals surface area contributed by atoms with E-state index in [1.165, 1.54) is 11.6 Å². The molecule has 1 aliphatic heterocycles. The number of aromatic amines is 1. The topological polar surface area (TPSA) is 48.6 Å². The summed E-state index contributed by atoms with van der Waals surface area (Å²) in [6.07, 6.45) is 3.20. The van der Waals surface area contributed by atoms with Gasteiger partial charge in [-0.25, -0.2) is 4.39 Å². The van der Waals surface area contributed by atoms with Crippen LogP contribution < -0.4 is 9.64 Å². The van der Waals surface area contributed by atoms with Crippen molar-refractivity contribution >= 4 is 22.5 Å². The van der Waals surface area contributed by atoms with E-state index in [0.717, 1.165) is 53.0 Å². The first kappa shape index (κ1) is 23.9. The number of nitrogens with one attached hydrogen (secondary N) is 1. The summed E-state index contributed by atoms with van der Waals surface area (Å²) in [5.41, 5.74) is 5.23. The van der Waals surface area contributed by atoms with Crippen LogP contribution in [0.1, 0.15) is 36.0 Å². The van der Waals surface area contributed by atoms with Crippen molar-refractivity contribution in [2.75, 3.05) is 38.2 Å². The molecule has 1 aliphatic rings. The summed E-state index contributed by atoms with van der Waals surface area (Å²) in [6.45, 7) is 4.89. The molecule has 1 saturated heterocycles. The van der Waals surface area contributed by atoms with Crippen LogP contribution in [0.3, 0.4) is 0 Å². The summed E-state index contributed by atoms with van der Waals surface area (Å²) in [4.78, 5) is 21.2. The molecule has 0 aliphatic carbocycles.